The van der Waals surface area contributed by atoms with Crippen LogP contribution in [-0.2, 0) is 9.59 Å². The monoisotopic (exact) mass is 297 g/mol. The first-order chi connectivity index (χ1) is 9.99. The molecule has 0 unspecified atom stereocenters. The smallest absolute Gasteiger partial charge is 0.236 e. The van der Waals surface area contributed by atoms with Crippen molar-refractivity contribution in [2.45, 2.75) is 39.5 Å². The van der Waals surface area contributed by atoms with E-state index in [2.05, 4.69) is 18.7 Å². The second-order valence-electron chi connectivity index (χ2n) is 6.16. The number of nitrogens with zero attached hydrogens (tertiary/aromatic N) is 3. The third-order valence-corrected chi connectivity index (χ3v) is 4.08. The molecule has 1 saturated heterocycles. The number of hydrogen-bond donors (Lipinski definition) is 0. The molecule has 2 amide bonds. The number of likely N-dealkylation sites (tertiary alicyclic amines) is 1. The van der Waals surface area contributed by atoms with Crippen LogP contribution in [0.2, 0.25) is 0 Å². The van der Waals surface area contributed by atoms with Crippen molar-refractivity contribution in [2.24, 2.45) is 5.92 Å². The van der Waals surface area contributed by atoms with E-state index >= 15 is 0 Å². The molecule has 0 aromatic rings. The van der Waals surface area contributed by atoms with Crippen LogP contribution in [0.4, 0.5) is 0 Å². The van der Waals surface area contributed by atoms with Crippen LogP contribution in [0.1, 0.15) is 39.5 Å². The van der Waals surface area contributed by atoms with Crippen LogP contribution in [0.3, 0.4) is 0 Å². The first-order valence-corrected chi connectivity index (χ1v) is 8.20. The molecule has 0 spiro atoms. The third kappa shape index (κ3) is 5.65. The van der Waals surface area contributed by atoms with Gasteiger partial charge in [-0.05, 0) is 38.8 Å². The molecule has 0 bridgehead atoms. The van der Waals surface area contributed by atoms with Gasteiger partial charge in [-0.2, -0.15) is 0 Å². The van der Waals surface area contributed by atoms with Crippen LogP contribution in [0.25, 0.3) is 0 Å². The highest BCUT2D eigenvalue weighted by Gasteiger charge is 2.27. The SMILES string of the molecule is CCCN(CCC)C(=O)CN1CCC(C(=O)N(C)C)CC1. The minimum Gasteiger partial charge on any atom is -0.349 e. The van der Waals surface area contributed by atoms with E-state index in [0.717, 1.165) is 51.9 Å². The highest BCUT2D eigenvalue weighted by molar-refractivity contribution is 5.79. The number of piperidine rings is 1. The molecular formula is C16H31N3O2. The van der Waals surface area contributed by atoms with Crippen molar-refractivity contribution in [3.05, 3.63) is 0 Å². The average Bonchev–Trinajstić information content (AvgIpc) is 2.47. The molecule has 1 aliphatic heterocycles. The molecular weight excluding hydrogens is 266 g/mol. The molecule has 1 rings (SSSR count). The van der Waals surface area contributed by atoms with E-state index in [-0.39, 0.29) is 17.7 Å². The van der Waals surface area contributed by atoms with Crippen molar-refractivity contribution in [1.82, 2.24) is 14.7 Å². The highest BCUT2D eigenvalue weighted by Crippen LogP contribution is 2.18. The molecule has 5 nitrogen and oxygen atoms in total. The molecule has 0 saturated carbocycles. The van der Waals surface area contributed by atoms with Crippen LogP contribution < -0.4 is 0 Å². The lowest BCUT2D eigenvalue weighted by atomic mass is 9.95. The van der Waals surface area contributed by atoms with Gasteiger partial charge in [-0.3, -0.25) is 14.5 Å². The maximum atomic E-state index is 12.3. The maximum absolute atomic E-state index is 12.3. The van der Waals surface area contributed by atoms with E-state index in [4.69, 9.17) is 0 Å². The summed E-state index contributed by atoms with van der Waals surface area (Å²) in [6, 6.07) is 0. The lowest BCUT2D eigenvalue weighted by Gasteiger charge is -2.33. The summed E-state index contributed by atoms with van der Waals surface area (Å²) in [6.07, 6.45) is 3.74. The van der Waals surface area contributed by atoms with Gasteiger partial charge in [0, 0.05) is 33.1 Å². The molecule has 0 atom stereocenters. The van der Waals surface area contributed by atoms with Gasteiger partial charge in [0.2, 0.25) is 11.8 Å². The third-order valence-electron chi connectivity index (χ3n) is 4.08. The topological polar surface area (TPSA) is 43.9 Å². The zero-order valence-electron chi connectivity index (χ0n) is 14.1. The summed E-state index contributed by atoms with van der Waals surface area (Å²) in [7, 11) is 3.62. The molecule has 5 heteroatoms. The van der Waals surface area contributed by atoms with Crippen molar-refractivity contribution in [1.29, 1.82) is 0 Å². The van der Waals surface area contributed by atoms with Gasteiger partial charge >= 0.3 is 0 Å². The van der Waals surface area contributed by atoms with Crippen molar-refractivity contribution in [3.63, 3.8) is 0 Å². The Labute approximate surface area is 129 Å². The summed E-state index contributed by atoms with van der Waals surface area (Å²) in [5.41, 5.74) is 0. The minimum absolute atomic E-state index is 0.133. The Kier molecular flexibility index (Phi) is 7.72. The maximum Gasteiger partial charge on any atom is 0.236 e. The summed E-state index contributed by atoms with van der Waals surface area (Å²) in [5.74, 6) is 0.587. The van der Waals surface area contributed by atoms with E-state index in [1.807, 2.05) is 19.0 Å². The van der Waals surface area contributed by atoms with Crippen LogP contribution in [0, 0.1) is 5.92 Å². The molecule has 0 radical (unpaired) electrons. The standard InChI is InChI=1S/C16H31N3O2/c1-5-9-19(10-6-2)15(20)13-18-11-7-14(8-12-18)16(21)17(3)4/h14H,5-13H2,1-4H3. The van der Waals surface area contributed by atoms with Crippen molar-refractivity contribution < 1.29 is 9.59 Å². The predicted molar refractivity (Wildman–Crippen MR) is 85.0 cm³/mol. The molecule has 1 heterocycles. The summed E-state index contributed by atoms with van der Waals surface area (Å²) in [5, 5.41) is 0. The zero-order chi connectivity index (χ0) is 15.8. The van der Waals surface area contributed by atoms with Gasteiger partial charge in [0.25, 0.3) is 0 Å². The van der Waals surface area contributed by atoms with Crippen molar-refractivity contribution in [3.8, 4) is 0 Å². The Balaban J connectivity index is 2.40. The van der Waals surface area contributed by atoms with E-state index in [0.29, 0.717) is 6.54 Å². The Bertz CT molecular complexity index is 330. The highest BCUT2D eigenvalue weighted by atomic mass is 16.2. The van der Waals surface area contributed by atoms with E-state index in [9.17, 15) is 9.59 Å². The lowest BCUT2D eigenvalue weighted by Crippen LogP contribution is -2.45. The van der Waals surface area contributed by atoms with Gasteiger partial charge < -0.3 is 9.80 Å². The van der Waals surface area contributed by atoms with Crippen molar-refractivity contribution in [2.75, 3.05) is 46.8 Å². The van der Waals surface area contributed by atoms with Gasteiger partial charge in [0.15, 0.2) is 0 Å². The molecule has 21 heavy (non-hydrogen) atoms. The fourth-order valence-corrected chi connectivity index (χ4v) is 2.90. The summed E-state index contributed by atoms with van der Waals surface area (Å²) in [4.78, 5) is 30.1. The minimum atomic E-state index is 0.133. The number of carbonyl (C=O) groups is 2. The van der Waals surface area contributed by atoms with Gasteiger partial charge in [0.05, 0.1) is 6.54 Å². The van der Waals surface area contributed by atoms with E-state index in [1.54, 1.807) is 4.90 Å². The Morgan fingerprint density at radius 3 is 2.00 bits per heavy atom. The van der Waals surface area contributed by atoms with Crippen LogP contribution >= 0.6 is 0 Å². The molecule has 122 valence electrons. The second-order valence-corrected chi connectivity index (χ2v) is 6.16. The molecule has 0 aliphatic carbocycles. The van der Waals surface area contributed by atoms with Crippen molar-refractivity contribution >= 4 is 11.8 Å². The first-order valence-electron chi connectivity index (χ1n) is 8.20. The zero-order valence-corrected chi connectivity index (χ0v) is 14.1. The number of carbonyl (C=O) groups excluding carboxylic acids is 2. The number of hydrogen-bond acceptors (Lipinski definition) is 3. The predicted octanol–water partition coefficient (Wildman–Crippen LogP) is 1.44. The van der Waals surface area contributed by atoms with E-state index < -0.39 is 0 Å². The Hall–Kier alpha value is -1.10. The largest absolute Gasteiger partial charge is 0.349 e. The van der Waals surface area contributed by atoms with Gasteiger partial charge in [-0.15, -0.1) is 0 Å². The van der Waals surface area contributed by atoms with Gasteiger partial charge in [0.1, 0.15) is 0 Å². The Morgan fingerprint density at radius 1 is 1.05 bits per heavy atom. The average molecular weight is 297 g/mol. The molecule has 0 aromatic carbocycles. The summed E-state index contributed by atoms with van der Waals surface area (Å²) < 4.78 is 0. The fraction of sp³-hybridized carbons (Fsp3) is 0.875. The normalized spacial score (nSPS) is 16.8. The summed E-state index contributed by atoms with van der Waals surface area (Å²) >= 11 is 0. The lowest BCUT2D eigenvalue weighted by molar-refractivity contribution is -0.135. The molecule has 0 N–H and O–H groups in total. The second kappa shape index (κ2) is 9.03. The number of amides is 2. The van der Waals surface area contributed by atoms with E-state index in [1.165, 1.54) is 0 Å². The van der Waals surface area contributed by atoms with Gasteiger partial charge in [-0.25, -0.2) is 0 Å². The van der Waals surface area contributed by atoms with Crippen LogP contribution in [0.5, 0.6) is 0 Å². The molecule has 0 aromatic heterocycles. The quantitative estimate of drug-likeness (QED) is 0.714. The first kappa shape index (κ1) is 18.0. The molecule has 1 fully saturated rings. The van der Waals surface area contributed by atoms with Crippen LogP contribution in [0.15, 0.2) is 0 Å². The van der Waals surface area contributed by atoms with Crippen LogP contribution in [-0.4, -0.2) is 73.3 Å². The molecule has 1 aliphatic rings. The Morgan fingerprint density at radius 2 is 1.57 bits per heavy atom. The summed E-state index contributed by atoms with van der Waals surface area (Å²) in [6.45, 7) is 8.11. The van der Waals surface area contributed by atoms with Gasteiger partial charge in [-0.1, -0.05) is 13.8 Å². The fourth-order valence-electron chi connectivity index (χ4n) is 2.90. The number of rotatable bonds is 7.